The van der Waals surface area contributed by atoms with Gasteiger partial charge >= 0.3 is 0 Å². The van der Waals surface area contributed by atoms with E-state index in [0.717, 1.165) is 41.7 Å². The van der Waals surface area contributed by atoms with E-state index in [-0.39, 0.29) is 17.4 Å². The van der Waals surface area contributed by atoms with Crippen LogP contribution in [-0.4, -0.2) is 30.3 Å². The van der Waals surface area contributed by atoms with Crippen molar-refractivity contribution in [1.82, 2.24) is 14.8 Å². The maximum atomic E-state index is 13.1. The lowest BCUT2D eigenvalue weighted by Gasteiger charge is -2.18. The van der Waals surface area contributed by atoms with Gasteiger partial charge in [0.05, 0.1) is 12.9 Å². The summed E-state index contributed by atoms with van der Waals surface area (Å²) in [7, 11) is -1.90. The molecule has 2 aromatic carbocycles. The summed E-state index contributed by atoms with van der Waals surface area (Å²) in [6, 6.07) is 12.5. The van der Waals surface area contributed by atoms with Crippen molar-refractivity contribution in [3.8, 4) is 11.4 Å². The van der Waals surface area contributed by atoms with Crippen LogP contribution in [0.3, 0.4) is 0 Å². The summed E-state index contributed by atoms with van der Waals surface area (Å²) in [6.07, 6.45) is 4.30. The van der Waals surface area contributed by atoms with E-state index in [9.17, 15) is 8.42 Å². The number of hydrogen-bond donors (Lipinski definition) is 0. The van der Waals surface area contributed by atoms with E-state index in [0.29, 0.717) is 22.2 Å². The maximum Gasteiger partial charge on any atom is 0.161 e. The minimum atomic E-state index is -3.50. The summed E-state index contributed by atoms with van der Waals surface area (Å²) in [5, 5.41) is 9.35. The zero-order chi connectivity index (χ0) is 22.0. The van der Waals surface area contributed by atoms with Gasteiger partial charge in [0.1, 0.15) is 23.0 Å². The quantitative estimate of drug-likeness (QED) is 0.410. The molecule has 6 nitrogen and oxygen atoms in total. The lowest BCUT2D eigenvalue weighted by molar-refractivity contribution is 0.411. The number of para-hydroxylation sites is 1. The van der Waals surface area contributed by atoms with Crippen LogP contribution in [0.1, 0.15) is 48.8 Å². The molecule has 0 radical (unpaired) electrons. The molecule has 31 heavy (non-hydrogen) atoms. The lowest BCUT2D eigenvalue weighted by atomic mass is 10.1. The molecule has 4 rings (SSSR count). The second kappa shape index (κ2) is 9.30. The normalized spacial score (nSPS) is 14.8. The van der Waals surface area contributed by atoms with Gasteiger partial charge in [-0.2, -0.15) is 0 Å². The highest BCUT2D eigenvalue weighted by molar-refractivity contribution is 9.10. The molecular weight excluding hydrogens is 502 g/mol. The van der Waals surface area contributed by atoms with Crippen molar-refractivity contribution in [2.75, 3.05) is 7.11 Å². The predicted octanol–water partition coefficient (Wildman–Crippen LogP) is 5.46. The first-order chi connectivity index (χ1) is 14.9. The maximum absolute atomic E-state index is 13.1. The molecule has 1 aliphatic rings. The van der Waals surface area contributed by atoms with Gasteiger partial charge in [-0.15, -0.1) is 10.2 Å². The molecule has 1 aliphatic carbocycles. The number of hydrogen-bond acceptors (Lipinski definition) is 5. The van der Waals surface area contributed by atoms with Gasteiger partial charge in [-0.3, -0.25) is 4.57 Å². The molecule has 1 fully saturated rings. The van der Waals surface area contributed by atoms with Crippen molar-refractivity contribution in [1.29, 1.82) is 0 Å². The molecule has 0 bridgehead atoms. The Hall–Kier alpha value is -1.90. The van der Waals surface area contributed by atoms with Crippen molar-refractivity contribution in [2.45, 2.75) is 43.1 Å². The van der Waals surface area contributed by atoms with Crippen LogP contribution in [0.4, 0.5) is 0 Å². The van der Waals surface area contributed by atoms with Crippen LogP contribution in [0.2, 0.25) is 5.02 Å². The third kappa shape index (κ3) is 4.96. The van der Waals surface area contributed by atoms with Crippen LogP contribution in [0.5, 0.6) is 5.75 Å². The highest BCUT2D eigenvalue weighted by atomic mass is 79.9. The Morgan fingerprint density at radius 3 is 2.48 bits per heavy atom. The fraction of sp³-hybridized carbons (Fsp3) is 0.364. The second-order valence-corrected chi connectivity index (χ2v) is 11.1. The summed E-state index contributed by atoms with van der Waals surface area (Å²) in [5.74, 6) is 1.74. The third-order valence-corrected chi connectivity index (χ3v) is 7.88. The van der Waals surface area contributed by atoms with Crippen LogP contribution in [0, 0.1) is 0 Å². The average Bonchev–Trinajstić information content (AvgIpc) is 3.39. The largest absolute Gasteiger partial charge is 0.495 e. The fourth-order valence-corrected chi connectivity index (χ4v) is 6.11. The first-order valence-corrected chi connectivity index (χ1v) is 13.1. The molecule has 0 spiro atoms. The van der Waals surface area contributed by atoms with E-state index in [2.05, 4.69) is 26.1 Å². The van der Waals surface area contributed by atoms with E-state index in [1.807, 2.05) is 22.8 Å². The molecular formula is C22H23BrClN3O3S. The van der Waals surface area contributed by atoms with Gasteiger partial charge in [0.15, 0.2) is 15.7 Å². The monoisotopic (exact) mass is 523 g/mol. The summed E-state index contributed by atoms with van der Waals surface area (Å²) < 4.78 is 34.4. The summed E-state index contributed by atoms with van der Waals surface area (Å²) >= 11 is 9.53. The zero-order valence-corrected chi connectivity index (χ0v) is 20.3. The molecule has 9 heteroatoms. The van der Waals surface area contributed by atoms with E-state index in [4.69, 9.17) is 16.3 Å². The predicted molar refractivity (Wildman–Crippen MR) is 125 cm³/mol. The van der Waals surface area contributed by atoms with Crippen LogP contribution < -0.4 is 4.74 Å². The molecule has 1 saturated carbocycles. The summed E-state index contributed by atoms with van der Waals surface area (Å²) in [4.78, 5) is 0. The van der Waals surface area contributed by atoms with Crippen LogP contribution >= 0.6 is 27.5 Å². The number of nitrogens with zero attached hydrogens (tertiary/aromatic N) is 3. The van der Waals surface area contributed by atoms with Crippen LogP contribution in [-0.2, 0) is 21.3 Å². The molecule has 164 valence electrons. The van der Waals surface area contributed by atoms with Gasteiger partial charge in [0.2, 0.25) is 0 Å². The Bertz CT molecular complexity index is 1170. The highest BCUT2D eigenvalue weighted by Gasteiger charge is 2.29. The second-order valence-electron chi connectivity index (χ2n) is 7.74. The SMILES string of the molecule is COc1cccc(Br)c1-n1c(CS(=O)(=O)Cc2ccc(Cl)cc2)nnc1C1CCCC1. The molecule has 0 N–H and O–H groups in total. The van der Waals surface area contributed by atoms with Crippen molar-refractivity contribution in [3.63, 3.8) is 0 Å². The number of methoxy groups -OCH3 is 1. The zero-order valence-electron chi connectivity index (χ0n) is 17.1. The number of rotatable bonds is 7. The van der Waals surface area contributed by atoms with Crippen molar-refractivity contribution in [2.24, 2.45) is 0 Å². The third-order valence-electron chi connectivity index (χ3n) is 5.52. The van der Waals surface area contributed by atoms with Gasteiger partial charge in [-0.25, -0.2) is 8.42 Å². The number of ether oxygens (including phenoxy) is 1. The minimum Gasteiger partial charge on any atom is -0.495 e. The van der Waals surface area contributed by atoms with Gasteiger partial charge in [0.25, 0.3) is 0 Å². The molecule has 1 heterocycles. The Kier molecular flexibility index (Phi) is 6.69. The highest BCUT2D eigenvalue weighted by Crippen LogP contribution is 2.39. The first-order valence-electron chi connectivity index (χ1n) is 10.1. The minimum absolute atomic E-state index is 0.0944. The van der Waals surface area contributed by atoms with Gasteiger partial charge in [0, 0.05) is 15.4 Å². The standard InChI is InChI=1S/C22H23BrClN3O3S/c1-30-19-8-4-7-18(23)21(19)27-20(25-26-22(27)16-5-2-3-6-16)14-31(28,29)13-15-9-11-17(24)12-10-15/h4,7-12,16H,2-3,5-6,13-14H2,1H3. The van der Waals surface area contributed by atoms with Gasteiger partial charge in [-0.1, -0.05) is 42.6 Å². The molecule has 0 unspecified atom stereocenters. The molecule has 3 aromatic rings. The average molecular weight is 525 g/mol. The van der Waals surface area contributed by atoms with E-state index >= 15 is 0 Å². The smallest absolute Gasteiger partial charge is 0.161 e. The lowest BCUT2D eigenvalue weighted by Crippen LogP contribution is -2.15. The van der Waals surface area contributed by atoms with Crippen molar-refractivity contribution >= 4 is 37.4 Å². The van der Waals surface area contributed by atoms with Crippen LogP contribution in [0.15, 0.2) is 46.9 Å². The Balaban J connectivity index is 1.75. The molecule has 0 aliphatic heterocycles. The van der Waals surface area contributed by atoms with Crippen LogP contribution in [0.25, 0.3) is 5.69 Å². The number of benzene rings is 2. The molecule has 0 amide bonds. The topological polar surface area (TPSA) is 74.1 Å². The van der Waals surface area contributed by atoms with Crippen molar-refractivity contribution in [3.05, 3.63) is 69.2 Å². The van der Waals surface area contributed by atoms with E-state index in [1.165, 1.54) is 0 Å². The van der Waals surface area contributed by atoms with Gasteiger partial charge < -0.3 is 4.74 Å². The molecule has 0 atom stereocenters. The van der Waals surface area contributed by atoms with Gasteiger partial charge in [-0.05, 0) is 58.6 Å². The Morgan fingerprint density at radius 2 is 1.81 bits per heavy atom. The number of sulfone groups is 1. The summed E-state index contributed by atoms with van der Waals surface area (Å²) in [5.41, 5.74) is 1.42. The number of aromatic nitrogens is 3. The Morgan fingerprint density at radius 1 is 1.10 bits per heavy atom. The number of halogens is 2. The van der Waals surface area contributed by atoms with E-state index < -0.39 is 9.84 Å². The first kappa shape index (κ1) is 22.3. The van der Waals surface area contributed by atoms with E-state index in [1.54, 1.807) is 31.4 Å². The molecule has 0 saturated heterocycles. The van der Waals surface area contributed by atoms with Crippen molar-refractivity contribution < 1.29 is 13.2 Å². The Labute approximate surface area is 195 Å². The fourth-order valence-electron chi connectivity index (χ4n) is 4.08. The summed E-state index contributed by atoms with van der Waals surface area (Å²) in [6.45, 7) is 0. The molecule has 1 aromatic heterocycles.